The molecule has 0 spiro atoms. The highest BCUT2D eigenvalue weighted by atomic mass is 32.2. The predicted octanol–water partition coefficient (Wildman–Crippen LogP) is 5.44. The van der Waals surface area contributed by atoms with E-state index in [2.05, 4.69) is 15.3 Å². The summed E-state index contributed by atoms with van der Waals surface area (Å²) < 4.78 is 42.6. The van der Waals surface area contributed by atoms with Crippen molar-refractivity contribution in [2.45, 2.75) is 17.3 Å². The topological polar surface area (TPSA) is 64.1 Å². The van der Waals surface area contributed by atoms with E-state index in [0.717, 1.165) is 5.56 Å². The average Bonchev–Trinajstić information content (AvgIpc) is 2.64. The summed E-state index contributed by atoms with van der Waals surface area (Å²) in [5, 5.41) is 2.73. The fraction of sp³-hybridized carbons (Fsp3) is 0.105. The van der Waals surface area contributed by atoms with Gasteiger partial charge in [-0.25, -0.2) is 9.97 Å². The zero-order valence-electron chi connectivity index (χ0n) is 14.5. The second-order valence-corrected chi connectivity index (χ2v) is 6.77. The average molecular weight is 405 g/mol. The molecule has 0 aliphatic rings. The number of nitrogens with zero attached hydrogens (tertiary/aromatic N) is 2. The third kappa shape index (κ3) is 5.46. The summed E-state index contributed by atoms with van der Waals surface area (Å²) in [5.74, 6) is 0.0851. The molecule has 2 aromatic carbocycles. The van der Waals surface area contributed by atoms with Crippen LogP contribution in [0.5, 0.6) is 11.8 Å². The van der Waals surface area contributed by atoms with Crippen molar-refractivity contribution in [1.29, 1.82) is 0 Å². The Balaban J connectivity index is 1.67. The van der Waals surface area contributed by atoms with Gasteiger partial charge in [0.25, 0.3) is 5.91 Å². The molecule has 1 heterocycles. The Kier molecular flexibility index (Phi) is 5.84. The van der Waals surface area contributed by atoms with Crippen LogP contribution in [0.1, 0.15) is 15.9 Å². The molecular weight excluding hydrogens is 391 g/mol. The summed E-state index contributed by atoms with van der Waals surface area (Å²) in [5.41, 5.74) is -2.81. The van der Waals surface area contributed by atoms with Gasteiger partial charge in [0.15, 0.2) is 0 Å². The number of anilines is 1. The number of nitrogens with one attached hydrogen (secondary N) is 1. The maximum Gasteiger partial charge on any atom is 0.446 e. The van der Waals surface area contributed by atoms with E-state index < -0.39 is 11.4 Å². The van der Waals surface area contributed by atoms with Crippen LogP contribution in [0, 0.1) is 6.92 Å². The smallest absolute Gasteiger partial charge is 0.424 e. The number of aromatic nitrogens is 2. The van der Waals surface area contributed by atoms with Gasteiger partial charge in [0, 0.05) is 28.5 Å². The van der Waals surface area contributed by atoms with Crippen molar-refractivity contribution in [1.82, 2.24) is 9.97 Å². The Labute approximate surface area is 163 Å². The summed E-state index contributed by atoms with van der Waals surface area (Å²) in [6.45, 7) is 1.79. The number of benzene rings is 2. The Bertz CT molecular complexity index is 964. The van der Waals surface area contributed by atoms with Crippen molar-refractivity contribution in [3.63, 3.8) is 0 Å². The van der Waals surface area contributed by atoms with Crippen molar-refractivity contribution in [2.75, 3.05) is 5.32 Å². The molecule has 0 aliphatic heterocycles. The summed E-state index contributed by atoms with van der Waals surface area (Å²) in [6.07, 6.45) is 3.12. The van der Waals surface area contributed by atoms with Crippen LogP contribution >= 0.6 is 11.8 Å². The van der Waals surface area contributed by atoms with E-state index in [9.17, 15) is 18.0 Å². The van der Waals surface area contributed by atoms with E-state index in [0.29, 0.717) is 11.4 Å². The SMILES string of the molecule is Cc1cc(Oc2ncccn2)ccc1NC(=O)c1ccc(SC(F)(F)F)cc1. The predicted molar refractivity (Wildman–Crippen MR) is 99.6 cm³/mol. The lowest BCUT2D eigenvalue weighted by molar-refractivity contribution is -0.0328. The highest BCUT2D eigenvalue weighted by molar-refractivity contribution is 8.00. The van der Waals surface area contributed by atoms with Crippen LogP contribution in [0.15, 0.2) is 65.8 Å². The van der Waals surface area contributed by atoms with Crippen molar-refractivity contribution in [3.05, 3.63) is 72.1 Å². The number of halogens is 3. The van der Waals surface area contributed by atoms with Crippen LogP contribution in [0.2, 0.25) is 0 Å². The summed E-state index contributed by atoms with van der Waals surface area (Å²) in [7, 11) is 0. The standard InChI is InChI=1S/C19H14F3N3O2S/c1-12-11-14(27-18-23-9-2-10-24-18)5-8-16(12)25-17(26)13-3-6-15(7-4-13)28-19(20,21)22/h2-11H,1H3,(H,25,26). The van der Waals surface area contributed by atoms with Crippen molar-refractivity contribution in [2.24, 2.45) is 0 Å². The molecule has 0 fully saturated rings. The van der Waals surface area contributed by atoms with Crippen molar-refractivity contribution in [3.8, 4) is 11.8 Å². The molecule has 0 atom stereocenters. The number of rotatable bonds is 5. The zero-order valence-corrected chi connectivity index (χ0v) is 15.3. The van der Waals surface area contributed by atoms with Crippen molar-refractivity contribution < 1.29 is 22.7 Å². The molecule has 9 heteroatoms. The van der Waals surface area contributed by atoms with Crippen LogP contribution in [0.4, 0.5) is 18.9 Å². The highest BCUT2D eigenvalue weighted by Gasteiger charge is 2.29. The zero-order chi connectivity index (χ0) is 20.1. The minimum atomic E-state index is -4.37. The molecule has 0 radical (unpaired) electrons. The third-order valence-corrected chi connectivity index (χ3v) is 4.29. The Morgan fingerprint density at radius 3 is 2.36 bits per heavy atom. The number of hydrogen-bond donors (Lipinski definition) is 1. The molecule has 1 amide bonds. The minimum Gasteiger partial charge on any atom is -0.424 e. The maximum atomic E-state index is 12.4. The number of hydrogen-bond acceptors (Lipinski definition) is 5. The molecule has 0 aliphatic carbocycles. The van der Waals surface area contributed by atoms with Gasteiger partial charge in [0.1, 0.15) is 5.75 Å². The molecule has 0 saturated carbocycles. The summed E-state index contributed by atoms with van der Waals surface area (Å²) >= 11 is -0.226. The van der Waals surface area contributed by atoms with Gasteiger partial charge >= 0.3 is 11.5 Å². The lowest BCUT2D eigenvalue weighted by Gasteiger charge is -2.11. The highest BCUT2D eigenvalue weighted by Crippen LogP contribution is 2.36. The van der Waals surface area contributed by atoms with Crippen LogP contribution in [-0.2, 0) is 0 Å². The first-order valence-corrected chi connectivity index (χ1v) is 8.84. The first-order chi connectivity index (χ1) is 13.3. The molecular formula is C19H14F3N3O2S. The van der Waals surface area contributed by atoms with Gasteiger partial charge in [-0.05, 0) is 72.8 Å². The van der Waals surface area contributed by atoms with Gasteiger partial charge in [0.2, 0.25) is 0 Å². The molecule has 1 aromatic heterocycles. The molecule has 1 N–H and O–H groups in total. The lowest BCUT2D eigenvalue weighted by atomic mass is 10.1. The number of aryl methyl sites for hydroxylation is 1. The van der Waals surface area contributed by atoms with Crippen LogP contribution in [0.3, 0.4) is 0 Å². The fourth-order valence-electron chi connectivity index (χ4n) is 2.29. The van der Waals surface area contributed by atoms with Crippen LogP contribution < -0.4 is 10.1 Å². The molecule has 28 heavy (non-hydrogen) atoms. The van der Waals surface area contributed by atoms with Gasteiger partial charge in [0.05, 0.1) is 0 Å². The Hall–Kier alpha value is -3.07. The molecule has 5 nitrogen and oxygen atoms in total. The van der Waals surface area contributed by atoms with E-state index in [1.807, 2.05) is 0 Å². The second-order valence-electron chi connectivity index (χ2n) is 5.64. The number of thioether (sulfide) groups is 1. The van der Waals surface area contributed by atoms with Gasteiger partial charge in [-0.3, -0.25) is 4.79 Å². The Morgan fingerprint density at radius 2 is 1.75 bits per heavy atom. The third-order valence-electron chi connectivity index (χ3n) is 3.55. The quantitative estimate of drug-likeness (QED) is 0.573. The first kappa shape index (κ1) is 19.7. The molecule has 144 valence electrons. The second kappa shape index (κ2) is 8.30. The minimum absolute atomic E-state index is 0.0184. The number of ether oxygens (including phenoxy) is 1. The Morgan fingerprint density at radius 1 is 1.07 bits per heavy atom. The number of carbonyl (C=O) groups excluding carboxylic acids is 1. The first-order valence-electron chi connectivity index (χ1n) is 8.03. The largest absolute Gasteiger partial charge is 0.446 e. The molecule has 3 rings (SSSR count). The summed E-state index contributed by atoms with van der Waals surface area (Å²) in [6, 6.07) is 12.1. The molecule has 0 saturated heterocycles. The molecule has 0 unspecified atom stereocenters. The van der Waals surface area contributed by atoms with E-state index in [4.69, 9.17) is 4.74 Å². The van der Waals surface area contributed by atoms with Gasteiger partial charge < -0.3 is 10.1 Å². The number of amides is 1. The normalized spacial score (nSPS) is 11.1. The monoisotopic (exact) mass is 405 g/mol. The summed E-state index contributed by atoms with van der Waals surface area (Å²) in [4.78, 5) is 20.3. The lowest BCUT2D eigenvalue weighted by Crippen LogP contribution is -2.12. The van der Waals surface area contributed by atoms with E-state index in [1.165, 1.54) is 24.3 Å². The number of alkyl halides is 3. The maximum absolute atomic E-state index is 12.4. The van der Waals surface area contributed by atoms with Crippen LogP contribution in [0.25, 0.3) is 0 Å². The van der Waals surface area contributed by atoms with Gasteiger partial charge in [-0.1, -0.05) is 0 Å². The van der Waals surface area contributed by atoms with E-state index in [-0.39, 0.29) is 28.2 Å². The fourth-order valence-corrected chi connectivity index (χ4v) is 2.83. The van der Waals surface area contributed by atoms with E-state index >= 15 is 0 Å². The molecule has 3 aromatic rings. The van der Waals surface area contributed by atoms with Gasteiger partial charge in [-0.2, -0.15) is 13.2 Å². The molecule has 0 bridgehead atoms. The van der Waals surface area contributed by atoms with Crippen LogP contribution in [-0.4, -0.2) is 21.4 Å². The number of carbonyl (C=O) groups is 1. The van der Waals surface area contributed by atoms with Crippen molar-refractivity contribution >= 4 is 23.4 Å². The van der Waals surface area contributed by atoms with Gasteiger partial charge in [-0.15, -0.1) is 0 Å². The van der Waals surface area contributed by atoms with E-state index in [1.54, 1.807) is 43.6 Å².